The van der Waals surface area contributed by atoms with Gasteiger partial charge in [-0.2, -0.15) is 0 Å². The number of piperazine rings is 1. The van der Waals surface area contributed by atoms with Crippen LogP contribution in [-0.2, 0) is 9.36 Å². The lowest BCUT2D eigenvalue weighted by Gasteiger charge is -2.35. The Hall–Kier alpha value is -3.34. The molecule has 1 aromatic carbocycles. The number of hydrogen-bond donors (Lipinski definition) is 4. The number of nitrogens with one attached hydrogen (secondary N) is 1. The van der Waals surface area contributed by atoms with Crippen molar-refractivity contribution >= 4 is 25.5 Å². The van der Waals surface area contributed by atoms with E-state index in [1.54, 1.807) is 24.3 Å². The van der Waals surface area contributed by atoms with E-state index in [9.17, 15) is 28.7 Å². The molecule has 0 spiro atoms. The van der Waals surface area contributed by atoms with Crippen molar-refractivity contribution in [2.24, 2.45) is 0 Å². The third kappa shape index (κ3) is 7.08. The van der Waals surface area contributed by atoms with Gasteiger partial charge in [0.2, 0.25) is 5.91 Å². The van der Waals surface area contributed by atoms with Crippen molar-refractivity contribution in [1.82, 2.24) is 25.1 Å². The third-order valence-electron chi connectivity index (χ3n) is 5.49. The summed E-state index contributed by atoms with van der Waals surface area (Å²) in [4.78, 5) is 67.6. The molecule has 0 saturated carbocycles. The number of nitrogens with zero attached hydrogens (tertiary/aromatic N) is 4. The number of amides is 3. The quantitative estimate of drug-likeness (QED) is 0.405. The molecule has 188 valence electrons. The molecule has 1 aliphatic rings. The first kappa shape index (κ1) is 26.3. The number of benzene rings is 1. The van der Waals surface area contributed by atoms with E-state index in [0.29, 0.717) is 17.1 Å². The number of aromatic nitrogens is 2. The normalized spacial score (nSPS) is 15.1. The summed E-state index contributed by atoms with van der Waals surface area (Å²) in [6, 6.07) is 8.99. The second-order valence-corrected chi connectivity index (χ2v) is 10.2. The number of carboxylic acid groups (broad SMARTS) is 1. The van der Waals surface area contributed by atoms with Crippen LogP contribution in [0.15, 0.2) is 36.4 Å². The summed E-state index contributed by atoms with van der Waals surface area (Å²) < 4.78 is 11.7. The fourth-order valence-electron chi connectivity index (χ4n) is 3.59. The summed E-state index contributed by atoms with van der Waals surface area (Å²) in [7, 11) is -4.68. The number of rotatable bonds is 7. The van der Waals surface area contributed by atoms with Gasteiger partial charge in [0, 0.05) is 37.4 Å². The summed E-state index contributed by atoms with van der Waals surface area (Å²) in [5.41, 5.74) is 1.23. The van der Waals surface area contributed by atoms with Gasteiger partial charge < -0.3 is 30.0 Å². The highest BCUT2D eigenvalue weighted by Crippen LogP contribution is 2.35. The lowest BCUT2D eigenvalue weighted by atomic mass is 10.1. The number of carbonyl (C=O) groups excluding carboxylic acids is 2. The molecule has 3 rings (SSSR count). The molecule has 13 heteroatoms. The predicted molar refractivity (Wildman–Crippen MR) is 126 cm³/mol. The highest BCUT2D eigenvalue weighted by atomic mass is 31.2. The minimum Gasteiger partial charge on any atom is -0.465 e. The molecular formula is C22H28N5O7P. The van der Waals surface area contributed by atoms with Crippen LogP contribution in [0.4, 0.5) is 4.79 Å². The van der Waals surface area contributed by atoms with Gasteiger partial charge in [0.1, 0.15) is 11.7 Å². The van der Waals surface area contributed by atoms with E-state index in [1.165, 1.54) is 11.0 Å². The first-order chi connectivity index (χ1) is 16.4. The van der Waals surface area contributed by atoms with E-state index in [0.717, 1.165) is 4.90 Å². The zero-order valence-electron chi connectivity index (χ0n) is 19.4. The summed E-state index contributed by atoms with van der Waals surface area (Å²) in [5.74, 6) is -1.20. The van der Waals surface area contributed by atoms with E-state index >= 15 is 0 Å². The maximum atomic E-state index is 13.1. The van der Waals surface area contributed by atoms with Gasteiger partial charge in [-0.25, -0.2) is 14.8 Å². The molecule has 1 atom stereocenters. The maximum absolute atomic E-state index is 13.1. The van der Waals surface area contributed by atoms with Crippen LogP contribution in [0.25, 0.3) is 11.4 Å². The maximum Gasteiger partial charge on any atom is 0.407 e. The Morgan fingerprint density at radius 2 is 1.63 bits per heavy atom. The van der Waals surface area contributed by atoms with Crippen molar-refractivity contribution in [2.75, 3.05) is 32.3 Å². The first-order valence-corrected chi connectivity index (χ1v) is 12.8. The van der Waals surface area contributed by atoms with Crippen molar-refractivity contribution < 1.29 is 33.8 Å². The molecular weight excluding hydrogens is 477 g/mol. The van der Waals surface area contributed by atoms with Crippen molar-refractivity contribution in [3.8, 4) is 11.4 Å². The van der Waals surface area contributed by atoms with Crippen LogP contribution in [0.3, 0.4) is 0 Å². The second-order valence-electron chi connectivity index (χ2n) is 8.49. The van der Waals surface area contributed by atoms with Gasteiger partial charge in [-0.3, -0.25) is 14.2 Å². The average Bonchev–Trinajstić information content (AvgIpc) is 2.82. The van der Waals surface area contributed by atoms with E-state index in [1.807, 2.05) is 19.9 Å². The van der Waals surface area contributed by atoms with Gasteiger partial charge in [-0.15, -0.1) is 0 Å². The molecule has 0 radical (unpaired) electrons. The average molecular weight is 505 g/mol. The van der Waals surface area contributed by atoms with Crippen LogP contribution < -0.4 is 5.32 Å². The number of carbonyl (C=O) groups is 3. The Kier molecular flexibility index (Phi) is 8.21. The van der Waals surface area contributed by atoms with E-state index < -0.39 is 37.7 Å². The van der Waals surface area contributed by atoms with Crippen LogP contribution in [0, 0.1) is 0 Å². The minimum absolute atomic E-state index is 0.0370. The molecule has 3 amide bonds. The summed E-state index contributed by atoms with van der Waals surface area (Å²) in [5, 5.41) is 11.5. The monoisotopic (exact) mass is 505 g/mol. The fourth-order valence-corrected chi connectivity index (χ4v) is 4.31. The standard InChI is InChI=1S/C22H28N5O7P/c1-14(2)16-12-17(24-19(23-16)15-6-4-3-5-7-15)20(28)25-18(13-35(32,33)34)21(29)26-8-10-27(11-9-26)22(30)31/h3-7,12,14,18H,8-11,13H2,1-2H3,(H,25,28)(H,30,31)(H2,32,33,34)/t18-/m0/s1. The van der Waals surface area contributed by atoms with Gasteiger partial charge in [0.15, 0.2) is 5.82 Å². The Morgan fingerprint density at radius 3 is 2.17 bits per heavy atom. The van der Waals surface area contributed by atoms with Gasteiger partial charge >= 0.3 is 13.7 Å². The summed E-state index contributed by atoms with van der Waals surface area (Å²) in [6.45, 7) is 4.00. The Balaban J connectivity index is 1.86. The van der Waals surface area contributed by atoms with Crippen LogP contribution in [-0.4, -0.2) is 91.0 Å². The van der Waals surface area contributed by atoms with Crippen LogP contribution in [0.1, 0.15) is 35.9 Å². The molecule has 2 heterocycles. The van der Waals surface area contributed by atoms with Gasteiger partial charge in [0.25, 0.3) is 5.91 Å². The second kappa shape index (κ2) is 10.9. The molecule has 1 saturated heterocycles. The molecule has 0 bridgehead atoms. The third-order valence-corrected chi connectivity index (χ3v) is 6.33. The van der Waals surface area contributed by atoms with Crippen molar-refractivity contribution in [2.45, 2.75) is 25.8 Å². The molecule has 1 aliphatic heterocycles. The Bertz CT molecular complexity index is 1130. The van der Waals surface area contributed by atoms with Crippen molar-refractivity contribution in [1.29, 1.82) is 0 Å². The smallest absolute Gasteiger partial charge is 0.407 e. The lowest BCUT2D eigenvalue weighted by Crippen LogP contribution is -2.56. The molecule has 35 heavy (non-hydrogen) atoms. The minimum atomic E-state index is -4.68. The van der Waals surface area contributed by atoms with Gasteiger partial charge in [-0.1, -0.05) is 44.2 Å². The molecule has 2 aromatic rings. The zero-order chi connectivity index (χ0) is 25.8. The van der Waals surface area contributed by atoms with Crippen molar-refractivity contribution in [3.05, 3.63) is 47.8 Å². The van der Waals surface area contributed by atoms with Crippen LogP contribution >= 0.6 is 7.60 Å². The molecule has 12 nitrogen and oxygen atoms in total. The number of hydrogen-bond acceptors (Lipinski definition) is 6. The van der Waals surface area contributed by atoms with Gasteiger partial charge in [0.05, 0.1) is 6.16 Å². The molecule has 1 aromatic heterocycles. The van der Waals surface area contributed by atoms with E-state index in [4.69, 9.17) is 5.11 Å². The summed E-state index contributed by atoms with van der Waals surface area (Å²) in [6.07, 6.45) is -2.01. The fraction of sp³-hybridized carbons (Fsp3) is 0.409. The topological polar surface area (TPSA) is 173 Å². The van der Waals surface area contributed by atoms with Crippen LogP contribution in [0.5, 0.6) is 0 Å². The highest BCUT2D eigenvalue weighted by Gasteiger charge is 2.34. The zero-order valence-corrected chi connectivity index (χ0v) is 20.3. The molecule has 0 aliphatic carbocycles. The summed E-state index contributed by atoms with van der Waals surface area (Å²) >= 11 is 0. The molecule has 1 fully saturated rings. The van der Waals surface area contributed by atoms with Gasteiger partial charge in [-0.05, 0) is 12.0 Å². The van der Waals surface area contributed by atoms with Crippen LogP contribution in [0.2, 0.25) is 0 Å². The van der Waals surface area contributed by atoms with Crippen molar-refractivity contribution in [3.63, 3.8) is 0 Å². The lowest BCUT2D eigenvalue weighted by molar-refractivity contribution is -0.134. The molecule has 0 unspecified atom stereocenters. The first-order valence-electron chi connectivity index (χ1n) is 11.0. The molecule has 4 N–H and O–H groups in total. The largest absolute Gasteiger partial charge is 0.465 e. The Labute approximate surface area is 202 Å². The Morgan fingerprint density at radius 1 is 1.03 bits per heavy atom. The highest BCUT2D eigenvalue weighted by molar-refractivity contribution is 7.51. The van der Waals surface area contributed by atoms with E-state index in [2.05, 4.69) is 15.3 Å². The SMILES string of the molecule is CC(C)c1cc(C(=O)N[C@@H](CP(=O)(O)O)C(=O)N2CCN(C(=O)O)CC2)nc(-c2ccccc2)n1. The predicted octanol–water partition coefficient (Wildman–Crippen LogP) is 1.37. The van der Waals surface area contributed by atoms with E-state index in [-0.39, 0.29) is 37.8 Å².